The van der Waals surface area contributed by atoms with E-state index in [1.54, 1.807) is 0 Å². The summed E-state index contributed by atoms with van der Waals surface area (Å²) >= 11 is 0. The molecule has 3 aromatic heterocycles. The van der Waals surface area contributed by atoms with Gasteiger partial charge in [-0.05, 0) is 83.9 Å². The topological polar surface area (TPSA) is 38.6 Å². The summed E-state index contributed by atoms with van der Waals surface area (Å²) < 4.78 is 6.97. The van der Waals surface area contributed by atoms with E-state index in [-0.39, 0.29) is 0 Å². The molecule has 0 aliphatic carbocycles. The molecule has 246 valence electrons. The third kappa shape index (κ3) is 4.35. The molecule has 0 fully saturated rings. The van der Waals surface area contributed by atoms with Gasteiger partial charge in [0.25, 0.3) is 0 Å². The number of aromatic nitrogens is 3. The van der Waals surface area contributed by atoms with Crippen LogP contribution in [0.25, 0.3) is 93.6 Å². The highest BCUT2D eigenvalue weighted by Crippen LogP contribution is 2.39. The zero-order valence-corrected chi connectivity index (χ0v) is 28.6. The Morgan fingerprint density at radius 1 is 0.302 bits per heavy atom. The molecular weight excluding hydrogens is 645 g/mol. The summed E-state index contributed by atoms with van der Waals surface area (Å²) in [7, 11) is 0. The van der Waals surface area contributed by atoms with Gasteiger partial charge < -0.3 is 13.7 Å². The molecule has 0 atom stereocenters. The minimum atomic E-state index is 0.613. The molecule has 0 N–H and O–H groups in total. The van der Waals surface area contributed by atoms with Gasteiger partial charge in [0, 0.05) is 49.4 Å². The second-order valence-electron chi connectivity index (χ2n) is 13.7. The molecule has 0 bridgehead atoms. The molecule has 11 aromatic rings. The van der Waals surface area contributed by atoms with Gasteiger partial charge in [-0.1, -0.05) is 109 Å². The van der Waals surface area contributed by atoms with Crippen LogP contribution >= 0.6 is 0 Å². The number of fused-ring (bicyclic) bond motifs is 9. The second kappa shape index (κ2) is 11.3. The van der Waals surface area contributed by atoms with Crippen LogP contribution in [-0.2, 0) is 0 Å². The Kier molecular flexibility index (Phi) is 6.28. The van der Waals surface area contributed by atoms with Gasteiger partial charge >= 0.3 is 0 Å². The Morgan fingerprint density at radius 2 is 0.717 bits per heavy atom. The summed E-state index contributed by atoms with van der Waals surface area (Å²) in [6.07, 6.45) is 0. The maximum absolute atomic E-state index is 10.4. The van der Waals surface area contributed by atoms with Crippen molar-refractivity contribution < 1.29 is 0 Å². The maximum Gasteiger partial charge on any atom is 0.0993 e. The fourth-order valence-corrected chi connectivity index (χ4v) is 8.55. The molecule has 0 unspecified atom stereocenters. The van der Waals surface area contributed by atoms with Crippen molar-refractivity contribution in [1.82, 2.24) is 13.7 Å². The standard InChI is InChI=1S/C49H30N4/c50-31-32-26-36(52-44-18-8-4-14-38(44)39-15-5-9-19-45(39)52)30-37(27-32)53-46-20-10-6-16-40(46)42-24-22-34(29-49(42)53)33-23-25-48-43(28-33)41-17-7-11-21-47(41)51(48)35-12-2-1-3-13-35/h1-30H. The quantitative estimate of drug-likeness (QED) is 0.183. The summed E-state index contributed by atoms with van der Waals surface area (Å²) in [5.41, 5.74) is 12.8. The van der Waals surface area contributed by atoms with Crippen molar-refractivity contribution in [3.05, 3.63) is 188 Å². The summed E-state index contributed by atoms with van der Waals surface area (Å²) in [4.78, 5) is 0. The minimum Gasteiger partial charge on any atom is -0.309 e. The number of benzene rings is 8. The Labute approximate surface area is 305 Å². The highest BCUT2D eigenvalue weighted by molar-refractivity contribution is 6.13. The van der Waals surface area contributed by atoms with E-state index in [1.807, 2.05) is 12.1 Å². The number of para-hydroxylation sites is 5. The van der Waals surface area contributed by atoms with E-state index in [9.17, 15) is 5.26 Å². The van der Waals surface area contributed by atoms with Crippen LogP contribution < -0.4 is 0 Å². The van der Waals surface area contributed by atoms with Gasteiger partial charge in [-0.15, -0.1) is 0 Å². The first-order valence-electron chi connectivity index (χ1n) is 17.9. The summed E-state index contributed by atoms with van der Waals surface area (Å²) in [5, 5.41) is 17.6. The first-order valence-corrected chi connectivity index (χ1v) is 17.9. The molecule has 4 nitrogen and oxygen atoms in total. The van der Waals surface area contributed by atoms with E-state index in [2.05, 4.69) is 190 Å². The SMILES string of the molecule is N#Cc1cc(-n2c3ccccc3c3ccccc32)cc(-n2c3ccccc3c3ccc(-c4ccc5c(c4)c4ccccc4n5-c4ccccc4)cc32)c1. The Balaban J connectivity index is 1.14. The van der Waals surface area contributed by atoms with Crippen molar-refractivity contribution in [1.29, 1.82) is 5.26 Å². The molecule has 11 rings (SSSR count). The Hall–Kier alpha value is -7.35. The van der Waals surface area contributed by atoms with Crippen LogP contribution in [0.3, 0.4) is 0 Å². The summed E-state index contributed by atoms with van der Waals surface area (Å²) in [6, 6.07) is 67.2. The van der Waals surface area contributed by atoms with Crippen LogP contribution in [0.4, 0.5) is 0 Å². The predicted octanol–water partition coefficient (Wildman–Crippen LogP) is 12.5. The normalized spacial score (nSPS) is 11.8. The number of hydrogen-bond donors (Lipinski definition) is 0. The van der Waals surface area contributed by atoms with E-state index in [4.69, 9.17) is 0 Å². The van der Waals surface area contributed by atoms with Gasteiger partial charge in [0.2, 0.25) is 0 Å². The molecule has 0 spiro atoms. The average molecular weight is 675 g/mol. The average Bonchev–Trinajstić information content (AvgIpc) is 3.86. The number of nitrogens with zero attached hydrogens (tertiary/aromatic N) is 4. The molecule has 0 aliphatic heterocycles. The van der Waals surface area contributed by atoms with Crippen molar-refractivity contribution in [2.24, 2.45) is 0 Å². The molecule has 3 heterocycles. The first kappa shape index (κ1) is 29.4. The molecule has 0 radical (unpaired) electrons. The van der Waals surface area contributed by atoms with E-state index < -0.39 is 0 Å². The van der Waals surface area contributed by atoms with Crippen molar-refractivity contribution in [2.75, 3.05) is 0 Å². The molecule has 0 amide bonds. The monoisotopic (exact) mass is 674 g/mol. The highest BCUT2D eigenvalue weighted by atomic mass is 15.0. The van der Waals surface area contributed by atoms with Crippen molar-refractivity contribution in [3.8, 4) is 34.3 Å². The van der Waals surface area contributed by atoms with Gasteiger partial charge in [0.1, 0.15) is 0 Å². The fourth-order valence-electron chi connectivity index (χ4n) is 8.55. The molecule has 4 heteroatoms. The zero-order valence-electron chi connectivity index (χ0n) is 28.6. The highest BCUT2D eigenvalue weighted by Gasteiger charge is 2.18. The van der Waals surface area contributed by atoms with Crippen LogP contribution in [0.1, 0.15) is 5.56 Å². The van der Waals surface area contributed by atoms with Gasteiger partial charge in [0.05, 0.1) is 44.7 Å². The Morgan fingerprint density at radius 3 is 1.28 bits per heavy atom. The number of nitriles is 1. The largest absolute Gasteiger partial charge is 0.309 e. The Bertz CT molecular complexity index is 3240. The van der Waals surface area contributed by atoms with Crippen LogP contribution in [0.15, 0.2) is 182 Å². The molecular formula is C49H30N4. The second-order valence-corrected chi connectivity index (χ2v) is 13.7. The molecule has 0 aliphatic rings. The van der Waals surface area contributed by atoms with Crippen molar-refractivity contribution in [2.45, 2.75) is 0 Å². The molecule has 8 aromatic carbocycles. The first-order chi connectivity index (χ1) is 26.2. The van der Waals surface area contributed by atoms with E-state index in [0.717, 1.165) is 50.3 Å². The minimum absolute atomic E-state index is 0.613. The summed E-state index contributed by atoms with van der Waals surface area (Å²) in [5.74, 6) is 0. The van der Waals surface area contributed by atoms with Crippen LogP contribution in [0.5, 0.6) is 0 Å². The predicted molar refractivity (Wildman–Crippen MR) is 220 cm³/mol. The lowest BCUT2D eigenvalue weighted by atomic mass is 10.0. The van der Waals surface area contributed by atoms with Crippen LogP contribution in [0.2, 0.25) is 0 Å². The van der Waals surface area contributed by atoms with Crippen molar-refractivity contribution >= 4 is 65.4 Å². The van der Waals surface area contributed by atoms with Gasteiger partial charge in [-0.3, -0.25) is 0 Å². The summed E-state index contributed by atoms with van der Waals surface area (Å²) in [6.45, 7) is 0. The van der Waals surface area contributed by atoms with Gasteiger partial charge in [-0.2, -0.15) is 5.26 Å². The third-order valence-electron chi connectivity index (χ3n) is 10.8. The number of hydrogen-bond acceptors (Lipinski definition) is 1. The van der Waals surface area contributed by atoms with Crippen molar-refractivity contribution in [3.63, 3.8) is 0 Å². The van der Waals surface area contributed by atoms with Gasteiger partial charge in [-0.25, -0.2) is 0 Å². The lowest BCUT2D eigenvalue weighted by Crippen LogP contribution is -2.00. The van der Waals surface area contributed by atoms with E-state index in [0.29, 0.717) is 5.56 Å². The molecule has 53 heavy (non-hydrogen) atoms. The maximum atomic E-state index is 10.4. The lowest BCUT2D eigenvalue weighted by Gasteiger charge is -2.14. The van der Waals surface area contributed by atoms with Crippen LogP contribution in [0, 0.1) is 11.3 Å². The number of rotatable bonds is 4. The third-order valence-corrected chi connectivity index (χ3v) is 10.8. The van der Waals surface area contributed by atoms with Gasteiger partial charge in [0.15, 0.2) is 0 Å². The lowest BCUT2D eigenvalue weighted by molar-refractivity contribution is 1.13. The van der Waals surface area contributed by atoms with E-state index in [1.165, 1.54) is 43.4 Å². The fraction of sp³-hybridized carbons (Fsp3) is 0. The molecule has 0 saturated heterocycles. The smallest absolute Gasteiger partial charge is 0.0993 e. The van der Waals surface area contributed by atoms with E-state index >= 15 is 0 Å². The molecule has 0 saturated carbocycles. The van der Waals surface area contributed by atoms with Crippen LogP contribution in [-0.4, -0.2) is 13.7 Å². The zero-order chi connectivity index (χ0) is 35.0.